The van der Waals surface area contributed by atoms with Crippen LogP contribution in [0.2, 0.25) is 0 Å². The lowest BCUT2D eigenvalue weighted by molar-refractivity contribution is -0.385. The van der Waals surface area contributed by atoms with Gasteiger partial charge in [-0.2, -0.15) is 0 Å². The highest BCUT2D eigenvalue weighted by Gasteiger charge is 2.43. The number of imide groups is 1. The standard InChI is InChI=1S/C20H17N3O5/c24-17(21(14-9-10-14)11-13-5-2-1-3-6-13)12-22-19(25)15-7-4-8-16(23(27)28)18(15)20(22)26/h1-8,14H,9-12H2. The molecule has 28 heavy (non-hydrogen) atoms. The third kappa shape index (κ3) is 3.13. The Bertz CT molecular complexity index is 985. The van der Waals surface area contributed by atoms with Crippen molar-refractivity contribution in [2.24, 2.45) is 0 Å². The number of carbonyl (C=O) groups excluding carboxylic acids is 3. The summed E-state index contributed by atoms with van der Waals surface area (Å²) in [6, 6.07) is 13.5. The molecule has 2 aromatic rings. The SMILES string of the molecule is O=C1c2cccc([N+](=O)[O-])c2C(=O)N1CC(=O)N(Cc1ccccc1)C1CC1. The van der Waals surface area contributed by atoms with E-state index in [0.29, 0.717) is 6.54 Å². The maximum atomic E-state index is 12.9. The van der Waals surface area contributed by atoms with Crippen molar-refractivity contribution in [3.63, 3.8) is 0 Å². The summed E-state index contributed by atoms with van der Waals surface area (Å²) in [6.07, 6.45) is 1.76. The molecule has 1 heterocycles. The molecule has 1 fully saturated rings. The van der Waals surface area contributed by atoms with Gasteiger partial charge in [0.1, 0.15) is 12.1 Å². The van der Waals surface area contributed by atoms with Crippen LogP contribution in [-0.4, -0.2) is 45.0 Å². The van der Waals surface area contributed by atoms with Crippen LogP contribution >= 0.6 is 0 Å². The molecule has 4 rings (SSSR count). The molecule has 3 amide bonds. The van der Waals surface area contributed by atoms with Crippen LogP contribution in [0.5, 0.6) is 0 Å². The number of benzene rings is 2. The van der Waals surface area contributed by atoms with Gasteiger partial charge in [-0.05, 0) is 24.5 Å². The largest absolute Gasteiger partial charge is 0.334 e. The van der Waals surface area contributed by atoms with E-state index >= 15 is 0 Å². The molecule has 1 saturated carbocycles. The molecular weight excluding hydrogens is 362 g/mol. The quantitative estimate of drug-likeness (QED) is 0.436. The van der Waals surface area contributed by atoms with Crippen LogP contribution in [0, 0.1) is 10.1 Å². The van der Waals surface area contributed by atoms with Crippen molar-refractivity contribution < 1.29 is 19.3 Å². The summed E-state index contributed by atoms with van der Waals surface area (Å²) in [5.41, 5.74) is 0.259. The summed E-state index contributed by atoms with van der Waals surface area (Å²) in [5, 5.41) is 11.2. The number of rotatable bonds is 6. The first kappa shape index (κ1) is 17.8. The van der Waals surface area contributed by atoms with Crippen molar-refractivity contribution in [1.29, 1.82) is 0 Å². The van der Waals surface area contributed by atoms with Crippen molar-refractivity contribution in [2.75, 3.05) is 6.54 Å². The monoisotopic (exact) mass is 379 g/mol. The first-order chi connectivity index (χ1) is 13.5. The lowest BCUT2D eigenvalue weighted by Gasteiger charge is -2.25. The van der Waals surface area contributed by atoms with Crippen molar-refractivity contribution in [1.82, 2.24) is 9.80 Å². The summed E-state index contributed by atoms with van der Waals surface area (Å²) in [5.74, 6) is -1.81. The van der Waals surface area contributed by atoms with Gasteiger partial charge in [-0.3, -0.25) is 29.4 Å². The van der Waals surface area contributed by atoms with Gasteiger partial charge in [0.2, 0.25) is 5.91 Å². The number of carbonyl (C=O) groups is 3. The van der Waals surface area contributed by atoms with Crippen LogP contribution in [0.1, 0.15) is 39.1 Å². The summed E-state index contributed by atoms with van der Waals surface area (Å²) < 4.78 is 0. The Kier molecular flexibility index (Phi) is 4.38. The fraction of sp³-hybridized carbons (Fsp3) is 0.250. The van der Waals surface area contributed by atoms with Gasteiger partial charge >= 0.3 is 0 Å². The van der Waals surface area contributed by atoms with Gasteiger partial charge in [-0.1, -0.05) is 36.4 Å². The average Bonchev–Trinajstić information content (AvgIpc) is 3.51. The lowest BCUT2D eigenvalue weighted by Crippen LogP contribution is -2.43. The van der Waals surface area contributed by atoms with E-state index in [2.05, 4.69) is 0 Å². The molecule has 0 spiro atoms. The van der Waals surface area contributed by atoms with Crippen LogP contribution in [0.25, 0.3) is 0 Å². The average molecular weight is 379 g/mol. The Balaban J connectivity index is 1.56. The van der Waals surface area contributed by atoms with Gasteiger partial charge in [0.25, 0.3) is 17.5 Å². The second-order valence-electron chi connectivity index (χ2n) is 6.89. The second kappa shape index (κ2) is 6.88. The highest BCUT2D eigenvalue weighted by molar-refractivity contribution is 6.24. The van der Waals surface area contributed by atoms with Gasteiger partial charge in [0.15, 0.2) is 0 Å². The van der Waals surface area contributed by atoms with Crippen LogP contribution in [-0.2, 0) is 11.3 Å². The molecule has 0 saturated heterocycles. The van der Waals surface area contributed by atoms with Crippen molar-refractivity contribution in [3.05, 3.63) is 75.3 Å². The van der Waals surface area contributed by atoms with Crippen LogP contribution in [0.15, 0.2) is 48.5 Å². The van der Waals surface area contributed by atoms with Crippen molar-refractivity contribution in [3.8, 4) is 0 Å². The van der Waals surface area contributed by atoms with Gasteiger partial charge in [0, 0.05) is 18.7 Å². The lowest BCUT2D eigenvalue weighted by atomic mass is 10.1. The van der Waals surface area contributed by atoms with E-state index in [0.717, 1.165) is 23.3 Å². The Morgan fingerprint density at radius 3 is 2.43 bits per heavy atom. The number of nitro groups is 1. The Labute approximate surface area is 160 Å². The third-order valence-corrected chi connectivity index (χ3v) is 4.97. The number of hydrogen-bond donors (Lipinski definition) is 0. The van der Waals surface area contributed by atoms with E-state index in [9.17, 15) is 24.5 Å². The number of amides is 3. The van der Waals surface area contributed by atoms with Crippen LogP contribution in [0.3, 0.4) is 0 Å². The summed E-state index contributed by atoms with van der Waals surface area (Å²) in [6.45, 7) is -0.0273. The number of nitro benzene ring substituents is 1. The molecule has 0 unspecified atom stereocenters. The summed E-state index contributed by atoms with van der Waals surface area (Å²) >= 11 is 0. The molecule has 0 bridgehead atoms. The zero-order chi connectivity index (χ0) is 19.8. The third-order valence-electron chi connectivity index (χ3n) is 4.97. The Morgan fingerprint density at radius 1 is 1.07 bits per heavy atom. The van der Waals surface area contributed by atoms with E-state index in [1.54, 1.807) is 4.90 Å². The molecule has 1 aliphatic carbocycles. The van der Waals surface area contributed by atoms with Gasteiger partial charge in [-0.25, -0.2) is 0 Å². The first-order valence-corrected chi connectivity index (χ1v) is 8.94. The molecule has 142 valence electrons. The molecule has 0 radical (unpaired) electrons. The number of hydrogen-bond acceptors (Lipinski definition) is 5. The van der Waals surface area contributed by atoms with E-state index in [1.807, 2.05) is 30.3 Å². The molecule has 1 aliphatic heterocycles. The minimum Gasteiger partial charge on any atom is -0.334 e. The summed E-state index contributed by atoms with van der Waals surface area (Å²) in [7, 11) is 0. The molecule has 0 aromatic heterocycles. The minimum atomic E-state index is -0.795. The predicted octanol–water partition coefficient (Wildman–Crippen LogP) is 2.38. The predicted molar refractivity (Wildman–Crippen MR) is 98.5 cm³/mol. The molecule has 8 heteroatoms. The molecule has 2 aromatic carbocycles. The molecule has 0 N–H and O–H groups in total. The van der Waals surface area contributed by atoms with Crippen molar-refractivity contribution >= 4 is 23.4 Å². The first-order valence-electron chi connectivity index (χ1n) is 8.94. The fourth-order valence-corrected chi connectivity index (χ4v) is 3.42. The second-order valence-corrected chi connectivity index (χ2v) is 6.89. The molecule has 8 nitrogen and oxygen atoms in total. The highest BCUT2D eigenvalue weighted by atomic mass is 16.6. The van der Waals surface area contributed by atoms with Crippen molar-refractivity contribution in [2.45, 2.75) is 25.4 Å². The maximum Gasteiger partial charge on any atom is 0.282 e. The minimum absolute atomic E-state index is 0.0342. The Hall–Kier alpha value is -3.55. The number of fused-ring (bicyclic) bond motifs is 1. The van der Waals surface area contributed by atoms with Gasteiger partial charge in [0.05, 0.1) is 10.5 Å². The van der Waals surface area contributed by atoms with Crippen LogP contribution in [0.4, 0.5) is 5.69 Å². The number of nitrogens with zero attached hydrogens (tertiary/aromatic N) is 3. The normalized spacial score (nSPS) is 15.5. The fourth-order valence-electron chi connectivity index (χ4n) is 3.42. The van der Waals surface area contributed by atoms with E-state index < -0.39 is 29.0 Å². The molecule has 0 atom stereocenters. The van der Waals surface area contributed by atoms with Gasteiger partial charge in [-0.15, -0.1) is 0 Å². The van der Waals surface area contributed by atoms with E-state index in [1.165, 1.54) is 18.2 Å². The maximum absolute atomic E-state index is 12.9. The molecule has 2 aliphatic rings. The summed E-state index contributed by atoms with van der Waals surface area (Å²) in [4.78, 5) is 51.1. The zero-order valence-corrected chi connectivity index (χ0v) is 14.9. The smallest absolute Gasteiger partial charge is 0.282 e. The highest BCUT2D eigenvalue weighted by Crippen LogP contribution is 2.32. The van der Waals surface area contributed by atoms with Crippen LogP contribution < -0.4 is 0 Å². The van der Waals surface area contributed by atoms with E-state index in [-0.39, 0.29) is 23.1 Å². The topological polar surface area (TPSA) is 101 Å². The van der Waals surface area contributed by atoms with Gasteiger partial charge < -0.3 is 4.90 Å². The zero-order valence-electron chi connectivity index (χ0n) is 14.9. The molecular formula is C20H17N3O5. The van der Waals surface area contributed by atoms with E-state index in [4.69, 9.17) is 0 Å². The Morgan fingerprint density at radius 2 is 1.79 bits per heavy atom.